The Balaban J connectivity index is 1.28. The molecule has 398 valence electrons. The Hall–Kier alpha value is -7.80. The molecule has 8 aliphatic carbocycles. The predicted molar refractivity (Wildman–Crippen MR) is 350 cm³/mol. The average molecular weight is 1040 g/mol. The lowest BCUT2D eigenvalue weighted by molar-refractivity contribution is -0.237. The lowest BCUT2D eigenvalue weighted by Crippen LogP contribution is -2.75. The maximum Gasteiger partial charge on any atom is -0.00184 e. The van der Waals surface area contributed by atoms with Crippen molar-refractivity contribution in [1.29, 1.82) is 0 Å². The van der Waals surface area contributed by atoms with Crippen LogP contribution in [0.2, 0.25) is 0 Å². The Morgan fingerprint density at radius 2 is 0.350 bits per heavy atom. The molecule has 6 aromatic rings. The zero-order valence-electron chi connectivity index (χ0n) is 47.3. The van der Waals surface area contributed by atoms with Gasteiger partial charge in [-0.3, -0.25) is 0 Å². The normalized spacial score (nSPS) is 30.1. The van der Waals surface area contributed by atoms with Gasteiger partial charge in [0.1, 0.15) is 0 Å². The molecule has 0 aliphatic heterocycles. The van der Waals surface area contributed by atoms with Gasteiger partial charge in [0, 0.05) is 0 Å². The molecular weight excluding hydrogens is 961 g/mol. The van der Waals surface area contributed by atoms with Crippen LogP contribution in [0.15, 0.2) is 188 Å². The first-order valence-electron chi connectivity index (χ1n) is 29.1. The minimum atomic E-state index is -0.293. The summed E-state index contributed by atoms with van der Waals surface area (Å²) in [5.74, 6) is 0. The molecule has 8 bridgehead atoms. The van der Waals surface area contributed by atoms with E-state index in [-0.39, 0.29) is 43.3 Å². The summed E-state index contributed by atoms with van der Waals surface area (Å²) in [6, 6.07) is 42.0. The van der Waals surface area contributed by atoms with Crippen LogP contribution < -0.4 is 0 Å². The average Bonchev–Trinajstić information content (AvgIpc) is 2.11. The van der Waals surface area contributed by atoms with Crippen molar-refractivity contribution < 1.29 is 0 Å². The zero-order chi connectivity index (χ0) is 56.1. The Kier molecular flexibility index (Phi) is 12.5. The molecule has 0 N–H and O–H groups in total. The van der Waals surface area contributed by atoms with E-state index in [1.54, 1.807) is 0 Å². The van der Waals surface area contributed by atoms with Crippen LogP contribution in [0, 0.1) is 10.8 Å². The molecule has 0 unspecified atom stereocenters. The third-order valence-corrected chi connectivity index (χ3v) is 22.1. The number of benzene rings is 6. The summed E-state index contributed by atoms with van der Waals surface area (Å²) in [6.45, 7) is 54.4. The molecule has 6 aromatic carbocycles. The Bertz CT molecular complexity index is 3090. The van der Waals surface area contributed by atoms with Crippen molar-refractivity contribution in [2.24, 2.45) is 10.8 Å². The van der Waals surface area contributed by atoms with Gasteiger partial charge in [0.15, 0.2) is 0 Å². The summed E-state index contributed by atoms with van der Waals surface area (Å²) in [7, 11) is 0. The van der Waals surface area contributed by atoms with Crippen LogP contribution in [0.25, 0.3) is 72.9 Å². The van der Waals surface area contributed by atoms with Gasteiger partial charge in [0.25, 0.3) is 0 Å². The second-order valence-corrected chi connectivity index (χ2v) is 25.7. The Morgan fingerprint density at radius 3 is 0.475 bits per heavy atom. The van der Waals surface area contributed by atoms with Crippen molar-refractivity contribution in [3.8, 4) is 0 Å². The van der Waals surface area contributed by atoms with Crippen molar-refractivity contribution >= 4 is 72.9 Å². The first-order chi connectivity index (χ1) is 38.8. The van der Waals surface area contributed by atoms with E-state index in [0.29, 0.717) is 0 Å². The molecule has 8 aliphatic rings. The third kappa shape index (κ3) is 7.13. The van der Waals surface area contributed by atoms with Crippen LogP contribution in [-0.4, -0.2) is 0 Å². The van der Waals surface area contributed by atoms with E-state index in [1.807, 2.05) is 36.5 Å². The second kappa shape index (κ2) is 18.9. The van der Waals surface area contributed by atoms with Crippen molar-refractivity contribution in [2.75, 3.05) is 0 Å². The summed E-state index contributed by atoms with van der Waals surface area (Å²) in [4.78, 5) is 0. The van der Waals surface area contributed by atoms with Gasteiger partial charge in [-0.05, 0) is 221 Å². The molecule has 0 heteroatoms. The number of hydrogen-bond acceptors (Lipinski definition) is 0. The molecule has 0 heterocycles. The maximum atomic E-state index is 4.63. The van der Waals surface area contributed by atoms with Gasteiger partial charge in [-0.1, -0.05) is 261 Å². The predicted octanol–water partition coefficient (Wildman–Crippen LogP) is 21.1. The van der Waals surface area contributed by atoms with Gasteiger partial charge >= 0.3 is 0 Å². The topological polar surface area (TPSA) is 0 Å². The lowest BCUT2D eigenvalue weighted by Gasteiger charge is -2.81. The molecule has 0 amide bonds. The van der Waals surface area contributed by atoms with E-state index < -0.39 is 0 Å². The van der Waals surface area contributed by atoms with E-state index in [0.717, 1.165) is 110 Å². The highest BCUT2D eigenvalue weighted by atomic mass is 14.8. The molecule has 0 aromatic heterocycles. The maximum absolute atomic E-state index is 4.63. The summed E-state index contributed by atoms with van der Waals surface area (Å²) in [5.41, 5.74) is 20.2. The number of hydrogen-bond donors (Lipinski definition) is 0. The highest BCUT2D eigenvalue weighted by Crippen LogP contribution is 2.86. The van der Waals surface area contributed by atoms with Crippen LogP contribution in [0.3, 0.4) is 0 Å². The van der Waals surface area contributed by atoms with Crippen molar-refractivity contribution in [1.82, 2.24) is 0 Å². The van der Waals surface area contributed by atoms with Gasteiger partial charge in [0.05, 0.1) is 0 Å². The van der Waals surface area contributed by atoms with E-state index in [4.69, 9.17) is 0 Å². The first-order valence-corrected chi connectivity index (χ1v) is 29.1. The summed E-state index contributed by atoms with van der Waals surface area (Å²) < 4.78 is 0. The Morgan fingerprint density at radius 1 is 0.200 bits per heavy atom. The minimum absolute atomic E-state index is 0.238. The molecule has 0 nitrogen and oxygen atoms in total. The summed E-state index contributed by atoms with van der Waals surface area (Å²) in [5, 5.41) is 0. The zero-order valence-corrected chi connectivity index (χ0v) is 47.3. The van der Waals surface area contributed by atoms with E-state index >= 15 is 0 Å². The molecule has 8 saturated carbocycles. The highest BCUT2D eigenvalue weighted by Gasteiger charge is 2.80. The quantitative estimate of drug-likeness (QED) is 0.0758. The van der Waals surface area contributed by atoms with Crippen LogP contribution in [-0.2, 0) is 32.5 Å². The molecule has 0 radical (unpaired) electrons. The second-order valence-electron chi connectivity index (χ2n) is 25.7. The van der Waals surface area contributed by atoms with E-state index in [1.165, 1.54) is 66.8 Å². The van der Waals surface area contributed by atoms with Gasteiger partial charge in [-0.2, -0.15) is 0 Å². The van der Waals surface area contributed by atoms with Gasteiger partial charge in [0.2, 0.25) is 0 Å². The Labute approximate surface area is 478 Å². The number of rotatable bonds is 19. The largest absolute Gasteiger partial charge is 0.0984 e. The van der Waals surface area contributed by atoms with Crippen molar-refractivity contribution in [3.05, 3.63) is 288 Å². The molecule has 0 atom stereocenters. The monoisotopic (exact) mass is 1040 g/mol. The van der Waals surface area contributed by atoms with Gasteiger partial charge < -0.3 is 0 Å². The van der Waals surface area contributed by atoms with Crippen LogP contribution in [0.1, 0.15) is 177 Å². The molecular formula is C80H78. The van der Waals surface area contributed by atoms with Crippen molar-refractivity contribution in [2.45, 2.75) is 110 Å². The standard InChI is InChI=1S/C80H78/c1-13-55-31-25-37-67(61(55)19-7)73-43-74(68-38-26-32-56(14-2)62(68)20-8)45-75(44-73,69-39-27-33-57(15-3)63(69)21-9)51-79(49-73,50-74)80-52-76(70-40-28-34-58(16-4)64(70)22-10)46-77(53-80,71-41-29-35-59(17-5)65(71)23-11)48-78(47-76,54-80)72-42-30-36-60(18-6)66(72)24-12/h13-42H,1-12,43-54H2. The molecule has 8 fully saturated rings. The fourth-order valence-corrected chi connectivity index (χ4v) is 20.8. The van der Waals surface area contributed by atoms with Crippen molar-refractivity contribution in [3.63, 3.8) is 0 Å². The molecule has 0 spiro atoms. The van der Waals surface area contributed by atoms with Crippen LogP contribution >= 0.6 is 0 Å². The van der Waals surface area contributed by atoms with E-state index in [2.05, 4.69) is 225 Å². The summed E-state index contributed by atoms with van der Waals surface area (Å²) >= 11 is 0. The highest BCUT2D eigenvalue weighted by molar-refractivity contribution is 5.76. The molecule has 80 heavy (non-hydrogen) atoms. The molecule has 14 rings (SSSR count). The van der Waals surface area contributed by atoms with Crippen LogP contribution in [0.4, 0.5) is 0 Å². The lowest BCUT2D eigenvalue weighted by atomic mass is 9.22. The SMILES string of the molecule is C=Cc1cccc(C23CC4(c5cccc(C=C)c5C=C)CC(c5cccc(C=C)c5C=C)(C2)CC(C25CC6(c7cccc(C=C)c7C=C)CC(c7cccc(C=C)c7C=C)(CC(c7cccc(C=C)c7C=C)(C6)C2)C5)(C3)C4)c1C=C. The fraction of sp³-hybridized carbons (Fsp3) is 0.250. The smallest absolute Gasteiger partial charge is 0.00184 e. The van der Waals surface area contributed by atoms with E-state index in [9.17, 15) is 0 Å². The minimum Gasteiger partial charge on any atom is -0.0984 e. The van der Waals surface area contributed by atoms with Gasteiger partial charge in [-0.25, -0.2) is 0 Å². The first kappa shape index (κ1) is 52.9. The fourth-order valence-electron chi connectivity index (χ4n) is 20.8. The van der Waals surface area contributed by atoms with Crippen LogP contribution in [0.5, 0.6) is 0 Å². The third-order valence-electron chi connectivity index (χ3n) is 22.1. The van der Waals surface area contributed by atoms with Gasteiger partial charge in [-0.15, -0.1) is 0 Å². The molecule has 0 saturated heterocycles. The summed E-state index contributed by atoms with van der Waals surface area (Å²) in [6.07, 6.45) is 37.4.